The lowest BCUT2D eigenvalue weighted by Crippen LogP contribution is -2.66. The Labute approximate surface area is 223 Å². The SMILES string of the molecule is CC(=O)NC(=O)N[C@]12CCC[C@@]1(S(=O)(=O)c1ccc(F)cc1)c1ccc(C(F)(C(F)(F)F)C(F)(F)F)cc1CC2. The van der Waals surface area contributed by atoms with E-state index in [1.165, 1.54) is 0 Å². The van der Waals surface area contributed by atoms with Crippen molar-refractivity contribution in [3.05, 3.63) is 65.0 Å². The number of carbonyl (C=O) groups is 2. The molecule has 40 heavy (non-hydrogen) atoms. The maximum atomic E-state index is 14.9. The largest absolute Gasteiger partial charge is 0.435 e. The lowest BCUT2D eigenvalue weighted by Gasteiger charge is -2.50. The Morgan fingerprint density at radius 1 is 0.875 bits per heavy atom. The van der Waals surface area contributed by atoms with Gasteiger partial charge in [-0.15, -0.1) is 0 Å². The molecule has 0 unspecified atom stereocenters. The van der Waals surface area contributed by atoms with Gasteiger partial charge in [-0.2, -0.15) is 26.3 Å². The molecule has 3 amide bonds. The zero-order valence-corrected chi connectivity index (χ0v) is 21.5. The summed E-state index contributed by atoms with van der Waals surface area (Å²) in [4.78, 5) is 23.7. The highest BCUT2D eigenvalue weighted by Crippen LogP contribution is 2.60. The molecule has 218 valence electrons. The fourth-order valence-electron chi connectivity index (χ4n) is 6.03. The standard InChI is InChI=1S/C25H22F8N2O4S/c1-14(36)34-20(37)35-21-10-2-11-22(21,40(38,39)18-6-4-17(26)5-7-18)19-8-3-16(13-15(19)9-12-21)23(27,24(28,29)30)25(31,32)33/h3-8,13H,2,9-12H2,1H3,(H2,34,35,36,37)/t21-,22+/m0/s1. The summed E-state index contributed by atoms with van der Waals surface area (Å²) in [5.74, 6) is -1.56. The summed E-state index contributed by atoms with van der Waals surface area (Å²) in [6, 6.07) is 3.84. The minimum Gasteiger partial charge on any atom is -0.330 e. The maximum absolute atomic E-state index is 14.9. The van der Waals surface area contributed by atoms with Gasteiger partial charge in [0.1, 0.15) is 10.6 Å². The topological polar surface area (TPSA) is 92.3 Å². The van der Waals surface area contributed by atoms with Crippen LogP contribution in [0.25, 0.3) is 0 Å². The Morgan fingerprint density at radius 3 is 2.02 bits per heavy atom. The van der Waals surface area contributed by atoms with Crippen molar-refractivity contribution in [2.24, 2.45) is 0 Å². The van der Waals surface area contributed by atoms with Gasteiger partial charge < -0.3 is 5.32 Å². The highest BCUT2D eigenvalue weighted by atomic mass is 32.2. The Bertz CT molecular complexity index is 1440. The van der Waals surface area contributed by atoms with Crippen molar-refractivity contribution in [1.82, 2.24) is 10.6 Å². The molecule has 0 heterocycles. The van der Waals surface area contributed by atoms with Crippen molar-refractivity contribution in [3.8, 4) is 0 Å². The molecule has 6 nitrogen and oxygen atoms in total. The Morgan fingerprint density at radius 2 is 1.48 bits per heavy atom. The number of hydrogen-bond donors (Lipinski definition) is 2. The number of alkyl halides is 7. The van der Waals surface area contributed by atoms with E-state index in [9.17, 15) is 53.1 Å². The number of urea groups is 1. The number of rotatable bonds is 4. The summed E-state index contributed by atoms with van der Waals surface area (Å²) in [6.07, 6.45) is -13.5. The molecule has 0 spiro atoms. The molecule has 0 saturated heterocycles. The summed E-state index contributed by atoms with van der Waals surface area (Å²) in [7, 11) is -4.66. The third kappa shape index (κ3) is 4.23. The van der Waals surface area contributed by atoms with Crippen LogP contribution in [0.3, 0.4) is 0 Å². The van der Waals surface area contributed by atoms with Crippen molar-refractivity contribution < 1.29 is 53.1 Å². The van der Waals surface area contributed by atoms with Crippen LogP contribution < -0.4 is 10.6 Å². The average Bonchev–Trinajstić information content (AvgIpc) is 3.22. The lowest BCUT2D eigenvalue weighted by atomic mass is 9.69. The fourth-order valence-corrected chi connectivity index (χ4v) is 8.60. The third-order valence-corrected chi connectivity index (χ3v) is 10.3. The van der Waals surface area contributed by atoms with Crippen LogP contribution in [0.15, 0.2) is 47.4 Å². The first-order valence-corrected chi connectivity index (χ1v) is 13.4. The van der Waals surface area contributed by atoms with Crippen LogP contribution in [-0.2, 0) is 31.5 Å². The predicted molar refractivity (Wildman–Crippen MR) is 124 cm³/mol. The fraction of sp³-hybridized carbons (Fsp3) is 0.440. The number of sulfone groups is 1. The van der Waals surface area contributed by atoms with E-state index in [-0.39, 0.29) is 49.3 Å². The molecule has 0 radical (unpaired) electrons. The molecule has 2 aliphatic rings. The molecule has 0 aromatic heterocycles. The number of benzene rings is 2. The number of hydrogen-bond acceptors (Lipinski definition) is 4. The molecule has 4 rings (SSSR count). The Hall–Kier alpha value is -3.23. The molecule has 2 aromatic rings. The van der Waals surface area contributed by atoms with Gasteiger partial charge in [-0.05, 0) is 67.5 Å². The Balaban J connectivity index is 1.99. The smallest absolute Gasteiger partial charge is 0.330 e. The van der Waals surface area contributed by atoms with Gasteiger partial charge in [-0.1, -0.05) is 18.2 Å². The maximum Gasteiger partial charge on any atom is 0.435 e. The lowest BCUT2D eigenvalue weighted by molar-refractivity contribution is -0.348. The second-order valence-corrected chi connectivity index (χ2v) is 12.1. The van der Waals surface area contributed by atoms with Crippen molar-refractivity contribution in [2.45, 2.75) is 72.2 Å². The molecule has 15 heteroatoms. The van der Waals surface area contributed by atoms with Crippen molar-refractivity contribution >= 4 is 21.8 Å². The molecule has 0 bridgehead atoms. The average molecular weight is 599 g/mol. The molecule has 2 atom stereocenters. The molecule has 1 fully saturated rings. The van der Waals surface area contributed by atoms with E-state index in [1.54, 1.807) is 0 Å². The minimum absolute atomic E-state index is 0.0120. The number of imide groups is 1. The quantitative estimate of drug-likeness (QED) is 0.359. The van der Waals surface area contributed by atoms with Gasteiger partial charge >= 0.3 is 24.1 Å². The van der Waals surface area contributed by atoms with E-state index < -0.39 is 66.4 Å². The highest BCUT2D eigenvalue weighted by Gasteiger charge is 2.74. The molecule has 2 aliphatic carbocycles. The van der Waals surface area contributed by atoms with Crippen LogP contribution in [0.1, 0.15) is 49.3 Å². The molecular weight excluding hydrogens is 576 g/mol. The summed E-state index contributed by atoms with van der Waals surface area (Å²) in [5.41, 5.74) is -9.69. The summed E-state index contributed by atoms with van der Waals surface area (Å²) in [6.45, 7) is 1.02. The molecular formula is C25H22F8N2O4S. The first kappa shape index (κ1) is 29.7. The second-order valence-electron chi connectivity index (χ2n) is 9.88. The van der Waals surface area contributed by atoms with E-state index in [4.69, 9.17) is 0 Å². The van der Waals surface area contributed by atoms with Crippen LogP contribution in [-0.4, -0.2) is 38.2 Å². The minimum atomic E-state index is -6.38. The van der Waals surface area contributed by atoms with Gasteiger partial charge in [-0.3, -0.25) is 10.1 Å². The first-order valence-electron chi connectivity index (χ1n) is 11.9. The Kier molecular flexibility index (Phi) is 7.00. The van der Waals surface area contributed by atoms with E-state index in [2.05, 4.69) is 5.32 Å². The van der Waals surface area contributed by atoms with Crippen LogP contribution in [0.4, 0.5) is 39.9 Å². The highest BCUT2D eigenvalue weighted by molar-refractivity contribution is 7.92. The summed E-state index contributed by atoms with van der Waals surface area (Å²) in [5, 5.41) is 4.50. The van der Waals surface area contributed by atoms with Crippen LogP contribution in [0, 0.1) is 5.82 Å². The van der Waals surface area contributed by atoms with Gasteiger partial charge in [0.15, 0.2) is 9.84 Å². The monoisotopic (exact) mass is 598 g/mol. The second kappa shape index (κ2) is 9.42. The van der Waals surface area contributed by atoms with Crippen molar-refractivity contribution in [3.63, 3.8) is 0 Å². The zero-order valence-electron chi connectivity index (χ0n) is 20.6. The van der Waals surface area contributed by atoms with Gasteiger partial charge in [0.25, 0.3) is 0 Å². The first-order chi connectivity index (χ1) is 18.3. The number of fused-ring (bicyclic) bond motifs is 3. The summed E-state index contributed by atoms with van der Waals surface area (Å²) < 4.78 is 136. The van der Waals surface area contributed by atoms with Gasteiger partial charge in [0.2, 0.25) is 5.91 Å². The van der Waals surface area contributed by atoms with Crippen LogP contribution >= 0.6 is 0 Å². The van der Waals surface area contributed by atoms with Gasteiger partial charge in [-0.25, -0.2) is 22.0 Å². The van der Waals surface area contributed by atoms with Gasteiger partial charge in [0, 0.05) is 12.5 Å². The normalized spacial score (nSPS) is 23.2. The zero-order chi connectivity index (χ0) is 29.9. The van der Waals surface area contributed by atoms with Crippen molar-refractivity contribution in [2.75, 3.05) is 0 Å². The number of halogens is 8. The van der Waals surface area contributed by atoms with E-state index in [0.29, 0.717) is 12.1 Å². The number of carbonyl (C=O) groups excluding carboxylic acids is 2. The van der Waals surface area contributed by atoms with E-state index in [0.717, 1.165) is 31.2 Å². The number of aryl methyl sites for hydroxylation is 1. The van der Waals surface area contributed by atoms with E-state index in [1.807, 2.05) is 5.32 Å². The van der Waals surface area contributed by atoms with Crippen LogP contribution in [0.2, 0.25) is 0 Å². The molecule has 0 aliphatic heterocycles. The number of amides is 3. The van der Waals surface area contributed by atoms with E-state index >= 15 is 0 Å². The molecule has 2 aromatic carbocycles. The number of nitrogens with one attached hydrogen (secondary N) is 2. The summed E-state index contributed by atoms with van der Waals surface area (Å²) >= 11 is 0. The van der Waals surface area contributed by atoms with Crippen LogP contribution in [0.5, 0.6) is 0 Å². The van der Waals surface area contributed by atoms with Crippen molar-refractivity contribution in [1.29, 1.82) is 0 Å². The molecule has 1 saturated carbocycles. The predicted octanol–water partition coefficient (Wildman–Crippen LogP) is 5.50. The molecule has 2 N–H and O–H groups in total. The van der Waals surface area contributed by atoms with Gasteiger partial charge in [0.05, 0.1) is 10.4 Å². The third-order valence-electron chi connectivity index (χ3n) is 7.67.